The molecule has 0 aromatic heterocycles. The van der Waals surface area contributed by atoms with Gasteiger partial charge in [-0.25, -0.2) is 13.2 Å². The van der Waals surface area contributed by atoms with E-state index in [1.54, 1.807) is 0 Å². The smallest absolute Gasteiger partial charge is 0.175 e. The van der Waals surface area contributed by atoms with Crippen LogP contribution in [0.2, 0.25) is 0 Å². The van der Waals surface area contributed by atoms with E-state index >= 15 is 0 Å². The summed E-state index contributed by atoms with van der Waals surface area (Å²) in [4.78, 5) is 20.7. The molecule has 1 aromatic carbocycles. The number of carbonyl (C=O) groups excluding carboxylic acids is 2. The third-order valence-electron chi connectivity index (χ3n) is 2.09. The second-order valence-electron chi connectivity index (χ2n) is 3.26. The van der Waals surface area contributed by atoms with Crippen LogP contribution in [0, 0.1) is 17.5 Å². The summed E-state index contributed by atoms with van der Waals surface area (Å²) in [6.07, 6.45) is 0.890. The monoisotopic (exact) mass is 262 g/mol. The van der Waals surface area contributed by atoms with Crippen LogP contribution in [0.15, 0.2) is 11.0 Å². The first kappa shape index (κ1) is 13.8. The maximum atomic E-state index is 13.4. The fraction of sp³-hybridized carbons (Fsp3) is 0.273. The fourth-order valence-electron chi connectivity index (χ4n) is 1.32. The van der Waals surface area contributed by atoms with E-state index in [4.69, 9.17) is 0 Å². The lowest BCUT2D eigenvalue weighted by Gasteiger charge is -2.07. The molecule has 92 valence electrons. The van der Waals surface area contributed by atoms with E-state index in [1.807, 2.05) is 0 Å². The van der Waals surface area contributed by atoms with Gasteiger partial charge in [-0.05, 0) is 12.3 Å². The van der Waals surface area contributed by atoms with Gasteiger partial charge in [-0.1, -0.05) is 0 Å². The third kappa shape index (κ3) is 3.09. The van der Waals surface area contributed by atoms with Gasteiger partial charge in [0.25, 0.3) is 0 Å². The number of rotatable bonds is 5. The first-order valence-electron chi connectivity index (χ1n) is 4.67. The molecule has 0 aliphatic heterocycles. The van der Waals surface area contributed by atoms with Crippen LogP contribution in [-0.4, -0.2) is 18.3 Å². The number of ketones is 1. The average molecular weight is 262 g/mol. The molecule has 2 nitrogen and oxygen atoms in total. The quantitative estimate of drug-likeness (QED) is 0.354. The van der Waals surface area contributed by atoms with E-state index in [1.165, 1.54) is 6.26 Å². The SMILES string of the molecule is CSc1c(F)cc(CC(=O)CC=O)c(F)c1F. The number of hydrogen-bond donors (Lipinski definition) is 0. The summed E-state index contributed by atoms with van der Waals surface area (Å²) in [5, 5.41) is 0. The highest BCUT2D eigenvalue weighted by molar-refractivity contribution is 7.98. The molecule has 0 saturated carbocycles. The van der Waals surface area contributed by atoms with Crippen molar-refractivity contribution in [2.75, 3.05) is 6.26 Å². The van der Waals surface area contributed by atoms with Gasteiger partial charge in [0.05, 0.1) is 11.3 Å². The maximum Gasteiger partial charge on any atom is 0.175 e. The van der Waals surface area contributed by atoms with Crippen LogP contribution in [0.4, 0.5) is 13.2 Å². The van der Waals surface area contributed by atoms with E-state index in [0.717, 1.165) is 17.8 Å². The van der Waals surface area contributed by atoms with Crippen molar-refractivity contribution in [1.82, 2.24) is 0 Å². The number of thioether (sulfide) groups is 1. The maximum absolute atomic E-state index is 13.4. The van der Waals surface area contributed by atoms with Crippen LogP contribution in [-0.2, 0) is 16.0 Å². The van der Waals surface area contributed by atoms with Gasteiger partial charge in [0.2, 0.25) is 0 Å². The first-order chi connectivity index (χ1) is 8.01. The number of aldehydes is 1. The Bertz CT molecular complexity index is 461. The molecule has 1 rings (SSSR count). The number of Topliss-reactive ketones (excluding diaryl/α,β-unsaturated/α-hetero) is 1. The van der Waals surface area contributed by atoms with E-state index in [9.17, 15) is 22.8 Å². The highest BCUT2D eigenvalue weighted by Gasteiger charge is 2.19. The molecule has 0 aliphatic carbocycles. The minimum Gasteiger partial charge on any atom is -0.303 e. The summed E-state index contributed by atoms with van der Waals surface area (Å²) in [5.41, 5.74) is -0.371. The number of halogens is 3. The van der Waals surface area contributed by atoms with Crippen LogP contribution >= 0.6 is 11.8 Å². The average Bonchev–Trinajstić information content (AvgIpc) is 2.26. The van der Waals surface area contributed by atoms with Gasteiger partial charge < -0.3 is 4.79 Å². The number of carbonyl (C=O) groups is 2. The molecule has 0 fully saturated rings. The Morgan fingerprint density at radius 1 is 1.35 bits per heavy atom. The van der Waals surface area contributed by atoms with Gasteiger partial charge >= 0.3 is 0 Å². The molecule has 0 amide bonds. The molecule has 0 heterocycles. The van der Waals surface area contributed by atoms with E-state index in [2.05, 4.69) is 0 Å². The van der Waals surface area contributed by atoms with Crippen molar-refractivity contribution in [2.45, 2.75) is 17.7 Å². The zero-order valence-electron chi connectivity index (χ0n) is 8.93. The second kappa shape index (κ2) is 5.86. The van der Waals surface area contributed by atoms with Crippen LogP contribution in [0.25, 0.3) is 0 Å². The minimum atomic E-state index is -1.30. The first-order valence-corrected chi connectivity index (χ1v) is 5.89. The highest BCUT2D eigenvalue weighted by atomic mass is 32.2. The topological polar surface area (TPSA) is 34.1 Å². The van der Waals surface area contributed by atoms with Crippen molar-refractivity contribution >= 4 is 23.8 Å². The molecule has 0 atom stereocenters. The molecule has 0 radical (unpaired) electrons. The van der Waals surface area contributed by atoms with E-state index < -0.39 is 41.0 Å². The lowest BCUT2D eigenvalue weighted by atomic mass is 10.1. The predicted molar refractivity (Wildman–Crippen MR) is 57.5 cm³/mol. The summed E-state index contributed by atoms with van der Waals surface area (Å²) in [7, 11) is 0. The molecule has 0 saturated heterocycles. The summed E-state index contributed by atoms with van der Waals surface area (Å²) in [6, 6.07) is 0.785. The summed E-state index contributed by atoms with van der Waals surface area (Å²) in [5.74, 6) is -4.04. The summed E-state index contributed by atoms with van der Waals surface area (Å²) in [6.45, 7) is 0. The highest BCUT2D eigenvalue weighted by Crippen LogP contribution is 2.27. The van der Waals surface area contributed by atoms with Crippen molar-refractivity contribution in [3.63, 3.8) is 0 Å². The van der Waals surface area contributed by atoms with E-state index in [0.29, 0.717) is 6.29 Å². The van der Waals surface area contributed by atoms with Crippen molar-refractivity contribution < 1.29 is 22.8 Å². The van der Waals surface area contributed by atoms with Crippen molar-refractivity contribution in [1.29, 1.82) is 0 Å². The van der Waals surface area contributed by atoms with E-state index in [-0.39, 0.29) is 5.56 Å². The standard InChI is InChI=1S/C11H9F3O2S/c1-17-11-8(12)5-6(9(13)10(11)14)4-7(16)2-3-15/h3,5H,2,4H2,1H3. The molecule has 17 heavy (non-hydrogen) atoms. The molecular weight excluding hydrogens is 253 g/mol. The molecular formula is C11H9F3O2S. The predicted octanol–water partition coefficient (Wildman–Crippen LogP) is 2.53. The van der Waals surface area contributed by atoms with Gasteiger partial charge in [0.15, 0.2) is 11.6 Å². The summed E-state index contributed by atoms with van der Waals surface area (Å²) < 4.78 is 40.1. The zero-order valence-corrected chi connectivity index (χ0v) is 9.74. The second-order valence-corrected chi connectivity index (χ2v) is 4.08. The van der Waals surface area contributed by atoms with Gasteiger partial charge in [-0.2, -0.15) is 0 Å². The zero-order chi connectivity index (χ0) is 13.0. The Balaban J connectivity index is 3.10. The Morgan fingerprint density at radius 3 is 2.53 bits per heavy atom. The van der Waals surface area contributed by atoms with Crippen LogP contribution in [0.1, 0.15) is 12.0 Å². The van der Waals surface area contributed by atoms with Gasteiger partial charge in [0, 0.05) is 12.0 Å². The van der Waals surface area contributed by atoms with Gasteiger partial charge in [-0.15, -0.1) is 11.8 Å². The molecule has 0 spiro atoms. The summed E-state index contributed by atoms with van der Waals surface area (Å²) >= 11 is 0.743. The molecule has 0 N–H and O–H groups in total. The Hall–Kier alpha value is -1.30. The number of hydrogen-bond acceptors (Lipinski definition) is 3. The fourth-order valence-corrected chi connectivity index (χ4v) is 1.84. The van der Waals surface area contributed by atoms with Gasteiger partial charge in [-0.3, -0.25) is 4.79 Å². The molecule has 0 unspecified atom stereocenters. The number of benzene rings is 1. The van der Waals surface area contributed by atoms with Crippen molar-refractivity contribution in [3.05, 3.63) is 29.1 Å². The molecule has 1 aromatic rings. The van der Waals surface area contributed by atoms with Crippen LogP contribution < -0.4 is 0 Å². The lowest BCUT2D eigenvalue weighted by Crippen LogP contribution is -2.07. The lowest BCUT2D eigenvalue weighted by molar-refractivity contribution is -0.121. The Labute approximate surface area is 100 Å². The Morgan fingerprint density at radius 2 is 2.00 bits per heavy atom. The molecule has 0 bridgehead atoms. The largest absolute Gasteiger partial charge is 0.303 e. The Kier molecular flexibility index (Phi) is 4.74. The van der Waals surface area contributed by atoms with Gasteiger partial charge in [0.1, 0.15) is 17.9 Å². The minimum absolute atomic E-state index is 0.364. The van der Waals surface area contributed by atoms with Crippen molar-refractivity contribution in [2.24, 2.45) is 0 Å². The molecule has 0 aliphatic rings. The molecule has 6 heteroatoms. The van der Waals surface area contributed by atoms with Crippen LogP contribution in [0.3, 0.4) is 0 Å². The third-order valence-corrected chi connectivity index (χ3v) is 2.88. The van der Waals surface area contributed by atoms with Crippen LogP contribution in [0.5, 0.6) is 0 Å². The normalized spacial score (nSPS) is 10.4. The van der Waals surface area contributed by atoms with Crippen molar-refractivity contribution in [3.8, 4) is 0 Å².